The van der Waals surface area contributed by atoms with Gasteiger partial charge in [0.25, 0.3) is 0 Å². The van der Waals surface area contributed by atoms with Crippen molar-refractivity contribution in [1.82, 2.24) is 5.32 Å². The van der Waals surface area contributed by atoms with E-state index in [9.17, 15) is 0 Å². The molecule has 0 spiro atoms. The number of methoxy groups -OCH3 is 1. The molecule has 0 saturated carbocycles. The van der Waals surface area contributed by atoms with Gasteiger partial charge in [0, 0.05) is 11.6 Å². The van der Waals surface area contributed by atoms with Crippen molar-refractivity contribution in [3.05, 3.63) is 29.3 Å². The zero-order chi connectivity index (χ0) is 13.8. The number of rotatable bonds is 3. The van der Waals surface area contributed by atoms with Crippen molar-refractivity contribution in [1.29, 1.82) is 0 Å². The molecule has 1 unspecified atom stereocenters. The number of nitrogens with one attached hydrogen (secondary N) is 1. The molecule has 20 heavy (non-hydrogen) atoms. The predicted molar refractivity (Wildman–Crippen MR) is 86.9 cm³/mol. The number of ether oxygens (including phenoxy) is 1. The zero-order valence-corrected chi connectivity index (χ0v) is 13.2. The third-order valence-electron chi connectivity index (χ3n) is 4.63. The van der Waals surface area contributed by atoms with E-state index >= 15 is 0 Å². The Morgan fingerprint density at radius 3 is 2.70 bits per heavy atom. The second kappa shape index (κ2) is 6.86. The Hall–Kier alpha value is -0.670. The van der Waals surface area contributed by atoms with E-state index < -0.39 is 0 Å². The molecule has 1 atom stereocenters. The van der Waals surface area contributed by atoms with Gasteiger partial charge in [0.1, 0.15) is 5.75 Å². The van der Waals surface area contributed by atoms with Gasteiger partial charge in [0.05, 0.1) is 7.11 Å². The molecule has 0 radical (unpaired) electrons. The fourth-order valence-electron chi connectivity index (χ4n) is 3.43. The van der Waals surface area contributed by atoms with E-state index in [1.54, 1.807) is 7.11 Å². The molecule has 3 rings (SSSR count). The van der Waals surface area contributed by atoms with Gasteiger partial charge in [-0.3, -0.25) is 0 Å². The molecule has 0 amide bonds. The first-order chi connectivity index (χ1) is 9.88. The number of thioether (sulfide) groups is 1. The first-order valence-corrected chi connectivity index (χ1v) is 9.03. The van der Waals surface area contributed by atoms with Crippen LogP contribution in [0.3, 0.4) is 0 Å². The second-order valence-electron chi connectivity index (χ2n) is 5.89. The Kier molecular flexibility index (Phi) is 4.90. The van der Waals surface area contributed by atoms with Gasteiger partial charge in [-0.15, -0.1) is 0 Å². The minimum Gasteiger partial charge on any atom is -0.496 e. The Morgan fingerprint density at radius 2 is 2.00 bits per heavy atom. The van der Waals surface area contributed by atoms with Gasteiger partial charge >= 0.3 is 0 Å². The lowest BCUT2D eigenvalue weighted by molar-refractivity contribution is 0.373. The summed E-state index contributed by atoms with van der Waals surface area (Å²) in [6.45, 7) is 1.14. The van der Waals surface area contributed by atoms with Crippen LogP contribution in [0.5, 0.6) is 5.75 Å². The second-order valence-corrected chi connectivity index (χ2v) is 7.12. The van der Waals surface area contributed by atoms with E-state index in [2.05, 4.69) is 35.3 Å². The zero-order valence-electron chi connectivity index (χ0n) is 12.4. The molecule has 2 aliphatic heterocycles. The summed E-state index contributed by atoms with van der Waals surface area (Å²) in [6, 6.07) is 7.37. The Bertz CT molecular complexity index is 437. The number of benzene rings is 1. The molecule has 0 aliphatic carbocycles. The maximum atomic E-state index is 5.60. The van der Waals surface area contributed by atoms with Crippen LogP contribution >= 0.6 is 11.8 Å². The van der Waals surface area contributed by atoms with Crippen LogP contribution in [-0.2, 0) is 0 Å². The van der Waals surface area contributed by atoms with E-state index in [1.165, 1.54) is 54.7 Å². The quantitative estimate of drug-likeness (QED) is 0.905. The van der Waals surface area contributed by atoms with Crippen molar-refractivity contribution >= 4 is 11.8 Å². The van der Waals surface area contributed by atoms with E-state index in [0.717, 1.165) is 18.2 Å². The molecule has 2 heterocycles. The van der Waals surface area contributed by atoms with Crippen molar-refractivity contribution in [2.45, 2.75) is 44.1 Å². The van der Waals surface area contributed by atoms with Crippen LogP contribution in [-0.4, -0.2) is 25.2 Å². The summed E-state index contributed by atoms with van der Waals surface area (Å²) in [4.78, 5) is 0. The van der Waals surface area contributed by atoms with Gasteiger partial charge in [-0.05, 0) is 61.3 Å². The standard InChI is InChI=1S/C17H25NOS/c1-19-17-6-5-14(13-7-10-20-11-8-13)12-15(17)16-4-2-3-9-18-16/h5-6,12-13,16,18H,2-4,7-11H2,1H3. The summed E-state index contributed by atoms with van der Waals surface area (Å²) >= 11 is 2.10. The number of hydrogen-bond donors (Lipinski definition) is 1. The van der Waals surface area contributed by atoms with Crippen molar-refractivity contribution in [2.75, 3.05) is 25.2 Å². The van der Waals surface area contributed by atoms with Crippen LogP contribution in [0.1, 0.15) is 55.2 Å². The van der Waals surface area contributed by atoms with Crippen LogP contribution in [0.15, 0.2) is 18.2 Å². The third-order valence-corrected chi connectivity index (χ3v) is 5.68. The summed E-state index contributed by atoms with van der Waals surface area (Å²) < 4.78 is 5.60. The first kappa shape index (κ1) is 14.3. The van der Waals surface area contributed by atoms with Crippen molar-refractivity contribution < 1.29 is 4.74 Å². The molecular formula is C17H25NOS. The van der Waals surface area contributed by atoms with Crippen LogP contribution in [0.25, 0.3) is 0 Å². The normalized spacial score (nSPS) is 24.6. The highest BCUT2D eigenvalue weighted by Crippen LogP contribution is 2.37. The van der Waals surface area contributed by atoms with Crippen LogP contribution in [0, 0.1) is 0 Å². The van der Waals surface area contributed by atoms with Gasteiger partial charge in [-0.25, -0.2) is 0 Å². The molecular weight excluding hydrogens is 266 g/mol. The first-order valence-electron chi connectivity index (χ1n) is 7.87. The number of hydrogen-bond acceptors (Lipinski definition) is 3. The van der Waals surface area contributed by atoms with Crippen LogP contribution < -0.4 is 10.1 Å². The fraction of sp³-hybridized carbons (Fsp3) is 0.647. The molecule has 2 aliphatic rings. The highest BCUT2D eigenvalue weighted by atomic mass is 32.2. The molecule has 1 N–H and O–H groups in total. The van der Waals surface area contributed by atoms with Crippen molar-refractivity contribution in [2.24, 2.45) is 0 Å². The topological polar surface area (TPSA) is 21.3 Å². The van der Waals surface area contributed by atoms with Crippen molar-refractivity contribution in [3.8, 4) is 5.75 Å². The molecule has 2 nitrogen and oxygen atoms in total. The monoisotopic (exact) mass is 291 g/mol. The maximum Gasteiger partial charge on any atom is 0.123 e. The highest BCUT2D eigenvalue weighted by molar-refractivity contribution is 7.99. The largest absolute Gasteiger partial charge is 0.496 e. The molecule has 110 valence electrons. The Morgan fingerprint density at radius 1 is 1.15 bits per heavy atom. The molecule has 1 aromatic rings. The average molecular weight is 291 g/mol. The predicted octanol–water partition coefficient (Wildman–Crippen LogP) is 4.12. The SMILES string of the molecule is COc1ccc(C2CCSCC2)cc1C1CCCCN1. The van der Waals surface area contributed by atoms with E-state index in [0.29, 0.717) is 6.04 Å². The molecule has 2 saturated heterocycles. The van der Waals surface area contributed by atoms with Gasteiger partial charge in [0.2, 0.25) is 0 Å². The Balaban J connectivity index is 1.85. The summed E-state index contributed by atoms with van der Waals surface area (Å²) in [5, 5.41) is 3.66. The molecule has 0 bridgehead atoms. The van der Waals surface area contributed by atoms with Gasteiger partial charge < -0.3 is 10.1 Å². The van der Waals surface area contributed by atoms with Gasteiger partial charge in [-0.2, -0.15) is 11.8 Å². The Labute approximate surface area is 126 Å². The average Bonchev–Trinajstić information content (AvgIpc) is 2.56. The van der Waals surface area contributed by atoms with Gasteiger partial charge in [-0.1, -0.05) is 18.6 Å². The molecule has 0 aromatic heterocycles. The lowest BCUT2D eigenvalue weighted by Gasteiger charge is -2.28. The van der Waals surface area contributed by atoms with Crippen molar-refractivity contribution in [3.63, 3.8) is 0 Å². The summed E-state index contributed by atoms with van der Waals surface area (Å²) in [7, 11) is 1.79. The molecule has 3 heteroatoms. The molecule has 1 aromatic carbocycles. The third kappa shape index (κ3) is 3.15. The van der Waals surface area contributed by atoms with Gasteiger partial charge in [0.15, 0.2) is 0 Å². The fourth-order valence-corrected chi connectivity index (χ4v) is 4.53. The summed E-state index contributed by atoms with van der Waals surface area (Å²) in [5.74, 6) is 4.43. The summed E-state index contributed by atoms with van der Waals surface area (Å²) in [5.41, 5.74) is 2.90. The minimum atomic E-state index is 0.483. The van der Waals surface area contributed by atoms with E-state index in [1.807, 2.05) is 0 Å². The highest BCUT2D eigenvalue weighted by Gasteiger charge is 2.22. The maximum absolute atomic E-state index is 5.60. The lowest BCUT2D eigenvalue weighted by atomic mass is 9.89. The van der Waals surface area contributed by atoms with Crippen LogP contribution in [0.2, 0.25) is 0 Å². The molecule has 2 fully saturated rings. The lowest BCUT2D eigenvalue weighted by Crippen LogP contribution is -2.27. The minimum absolute atomic E-state index is 0.483. The van der Waals surface area contributed by atoms with Crippen LogP contribution in [0.4, 0.5) is 0 Å². The number of piperidine rings is 1. The van der Waals surface area contributed by atoms with E-state index in [4.69, 9.17) is 4.74 Å². The summed E-state index contributed by atoms with van der Waals surface area (Å²) in [6.07, 6.45) is 6.52. The smallest absolute Gasteiger partial charge is 0.123 e. The van der Waals surface area contributed by atoms with E-state index in [-0.39, 0.29) is 0 Å².